The van der Waals surface area contributed by atoms with E-state index in [4.69, 9.17) is 9.47 Å². The van der Waals surface area contributed by atoms with E-state index in [0.29, 0.717) is 10.4 Å². The van der Waals surface area contributed by atoms with Gasteiger partial charge in [0.05, 0.1) is 22.6 Å². The lowest BCUT2D eigenvalue weighted by Crippen LogP contribution is -2.21. The van der Waals surface area contributed by atoms with Crippen LogP contribution in [0, 0.1) is 12.7 Å². The summed E-state index contributed by atoms with van der Waals surface area (Å²) in [4.78, 5) is 48.3. The topological polar surface area (TPSA) is 98.8 Å². The van der Waals surface area contributed by atoms with E-state index in [1.54, 1.807) is 13.8 Å². The second-order valence-electron chi connectivity index (χ2n) is 5.67. The molecule has 0 aliphatic heterocycles. The van der Waals surface area contributed by atoms with Crippen molar-refractivity contribution in [3.63, 3.8) is 0 Å². The molecule has 2 aromatic rings. The molecule has 0 aliphatic rings. The van der Waals surface area contributed by atoms with Crippen LogP contribution < -0.4 is 5.32 Å². The number of ketones is 1. The molecule has 1 amide bonds. The first-order valence-electron chi connectivity index (χ1n) is 8.28. The zero-order valence-corrected chi connectivity index (χ0v) is 16.3. The zero-order valence-electron chi connectivity index (χ0n) is 15.5. The van der Waals surface area contributed by atoms with Crippen LogP contribution in [-0.4, -0.2) is 36.8 Å². The Balaban J connectivity index is 2.12. The van der Waals surface area contributed by atoms with Crippen LogP contribution in [0.1, 0.15) is 49.8 Å². The maximum absolute atomic E-state index is 13.1. The highest BCUT2D eigenvalue weighted by Crippen LogP contribution is 2.34. The van der Waals surface area contributed by atoms with Crippen molar-refractivity contribution in [1.82, 2.24) is 0 Å². The van der Waals surface area contributed by atoms with Gasteiger partial charge in [0.15, 0.2) is 12.4 Å². The number of hydrogen-bond donors (Lipinski definition) is 1. The van der Waals surface area contributed by atoms with Gasteiger partial charge in [-0.05, 0) is 44.5 Å². The number of rotatable bonds is 7. The first-order chi connectivity index (χ1) is 13.2. The van der Waals surface area contributed by atoms with E-state index in [0.717, 1.165) is 17.4 Å². The minimum absolute atomic E-state index is 0.0363. The number of hydrogen-bond acceptors (Lipinski definition) is 7. The normalized spacial score (nSPS) is 10.3. The highest BCUT2D eigenvalue weighted by molar-refractivity contribution is 7.18. The van der Waals surface area contributed by atoms with Gasteiger partial charge in [-0.25, -0.2) is 14.0 Å². The Kier molecular flexibility index (Phi) is 7.00. The van der Waals surface area contributed by atoms with Crippen molar-refractivity contribution >= 4 is 40.0 Å². The standard InChI is InChI=1S/C19H18FNO6S/c1-4-26-19(25)15-10(2)16(11(3)22)28-17(15)21-14(23)9-27-18(24)12-6-5-7-13(20)8-12/h5-8H,4,9H2,1-3H3,(H,21,23). The molecule has 2 rings (SSSR count). The molecule has 0 spiro atoms. The largest absolute Gasteiger partial charge is 0.462 e. The van der Waals surface area contributed by atoms with Gasteiger partial charge in [-0.1, -0.05) is 6.07 Å². The Morgan fingerprint density at radius 3 is 2.46 bits per heavy atom. The molecule has 7 nitrogen and oxygen atoms in total. The fraction of sp³-hybridized carbons (Fsp3) is 0.263. The van der Waals surface area contributed by atoms with Crippen LogP contribution in [0.15, 0.2) is 24.3 Å². The summed E-state index contributed by atoms with van der Waals surface area (Å²) in [6.07, 6.45) is 0. The first-order valence-corrected chi connectivity index (χ1v) is 9.10. The molecule has 0 radical (unpaired) electrons. The lowest BCUT2D eigenvalue weighted by Gasteiger charge is -2.08. The summed E-state index contributed by atoms with van der Waals surface area (Å²) in [6.45, 7) is 4.04. The predicted molar refractivity (Wildman–Crippen MR) is 100 cm³/mol. The van der Waals surface area contributed by atoms with Gasteiger partial charge in [-0.15, -0.1) is 11.3 Å². The van der Waals surface area contributed by atoms with E-state index < -0.39 is 30.3 Å². The van der Waals surface area contributed by atoms with Crippen LogP contribution in [0.5, 0.6) is 0 Å². The Bertz CT molecular complexity index is 937. The van der Waals surface area contributed by atoms with E-state index in [1.165, 1.54) is 25.1 Å². The Morgan fingerprint density at radius 2 is 1.86 bits per heavy atom. The number of halogens is 1. The quantitative estimate of drug-likeness (QED) is 0.558. The second-order valence-corrected chi connectivity index (χ2v) is 6.69. The van der Waals surface area contributed by atoms with Gasteiger partial charge in [-0.2, -0.15) is 0 Å². The minimum atomic E-state index is -0.868. The Hall–Kier alpha value is -3.07. The van der Waals surface area contributed by atoms with Crippen LogP contribution in [0.2, 0.25) is 0 Å². The molecular formula is C19H18FNO6S. The van der Waals surface area contributed by atoms with Gasteiger partial charge in [0, 0.05) is 0 Å². The van der Waals surface area contributed by atoms with E-state index in [1.807, 2.05) is 0 Å². The van der Waals surface area contributed by atoms with Crippen molar-refractivity contribution in [2.45, 2.75) is 20.8 Å². The zero-order chi connectivity index (χ0) is 20.8. The highest BCUT2D eigenvalue weighted by Gasteiger charge is 2.25. The minimum Gasteiger partial charge on any atom is -0.462 e. The van der Waals surface area contributed by atoms with Crippen LogP contribution in [-0.2, 0) is 14.3 Å². The SMILES string of the molecule is CCOC(=O)c1c(NC(=O)COC(=O)c2cccc(F)c2)sc(C(C)=O)c1C. The van der Waals surface area contributed by atoms with Crippen molar-refractivity contribution in [3.8, 4) is 0 Å². The summed E-state index contributed by atoms with van der Waals surface area (Å²) in [5, 5.41) is 2.59. The molecule has 0 atom stereocenters. The molecule has 0 saturated heterocycles. The van der Waals surface area contributed by atoms with Crippen molar-refractivity contribution in [3.05, 3.63) is 51.7 Å². The monoisotopic (exact) mass is 407 g/mol. The molecule has 1 aromatic heterocycles. The van der Waals surface area contributed by atoms with E-state index >= 15 is 0 Å². The number of nitrogens with one attached hydrogen (secondary N) is 1. The van der Waals surface area contributed by atoms with Gasteiger partial charge in [-0.3, -0.25) is 9.59 Å². The Morgan fingerprint density at radius 1 is 1.14 bits per heavy atom. The lowest BCUT2D eigenvalue weighted by molar-refractivity contribution is -0.119. The number of Topliss-reactive ketones (excluding diaryl/α,β-unsaturated/α-hetero) is 1. The smallest absolute Gasteiger partial charge is 0.341 e. The molecular weight excluding hydrogens is 389 g/mol. The molecule has 0 fully saturated rings. The molecule has 0 aliphatic carbocycles. The fourth-order valence-electron chi connectivity index (χ4n) is 2.38. The van der Waals surface area contributed by atoms with Gasteiger partial charge >= 0.3 is 11.9 Å². The van der Waals surface area contributed by atoms with Crippen molar-refractivity contribution in [2.75, 3.05) is 18.5 Å². The van der Waals surface area contributed by atoms with Crippen LogP contribution in [0.4, 0.5) is 9.39 Å². The number of ether oxygens (including phenoxy) is 2. The average Bonchev–Trinajstić information content (AvgIpc) is 2.96. The van der Waals surface area contributed by atoms with E-state index in [2.05, 4.69) is 5.32 Å². The molecule has 0 saturated carbocycles. The van der Waals surface area contributed by atoms with Crippen molar-refractivity contribution in [1.29, 1.82) is 0 Å². The van der Waals surface area contributed by atoms with Gasteiger partial charge < -0.3 is 14.8 Å². The third-order valence-corrected chi connectivity index (χ3v) is 4.90. The Labute approximate surface area is 164 Å². The average molecular weight is 407 g/mol. The van der Waals surface area contributed by atoms with Crippen LogP contribution in [0.25, 0.3) is 0 Å². The number of benzene rings is 1. The summed E-state index contributed by atoms with van der Waals surface area (Å²) in [7, 11) is 0. The maximum atomic E-state index is 13.1. The number of carbonyl (C=O) groups excluding carboxylic acids is 4. The first kappa shape index (κ1) is 21.2. The summed E-state index contributed by atoms with van der Waals surface area (Å²) >= 11 is 0.937. The summed E-state index contributed by atoms with van der Waals surface area (Å²) < 4.78 is 23.0. The summed E-state index contributed by atoms with van der Waals surface area (Å²) in [5.74, 6) is -3.12. The lowest BCUT2D eigenvalue weighted by atomic mass is 10.1. The van der Waals surface area contributed by atoms with Crippen molar-refractivity contribution < 1.29 is 33.0 Å². The van der Waals surface area contributed by atoms with E-state index in [-0.39, 0.29) is 28.5 Å². The van der Waals surface area contributed by atoms with Crippen LogP contribution >= 0.6 is 11.3 Å². The number of thiophene rings is 1. The van der Waals surface area contributed by atoms with E-state index in [9.17, 15) is 23.6 Å². The summed E-state index contributed by atoms with van der Waals surface area (Å²) in [6, 6.07) is 4.85. The van der Waals surface area contributed by atoms with Gasteiger partial charge in [0.1, 0.15) is 10.8 Å². The highest BCUT2D eigenvalue weighted by atomic mass is 32.1. The van der Waals surface area contributed by atoms with Gasteiger partial charge in [0.25, 0.3) is 5.91 Å². The molecule has 28 heavy (non-hydrogen) atoms. The van der Waals surface area contributed by atoms with Crippen LogP contribution in [0.3, 0.4) is 0 Å². The molecule has 148 valence electrons. The second kappa shape index (κ2) is 9.23. The molecule has 0 unspecified atom stereocenters. The molecule has 9 heteroatoms. The third kappa shape index (κ3) is 5.01. The maximum Gasteiger partial charge on any atom is 0.341 e. The fourth-order valence-corrected chi connectivity index (χ4v) is 3.49. The number of carbonyl (C=O) groups is 4. The number of amides is 1. The van der Waals surface area contributed by atoms with Crippen molar-refractivity contribution in [2.24, 2.45) is 0 Å². The molecule has 0 bridgehead atoms. The molecule has 1 aromatic carbocycles. The predicted octanol–water partition coefficient (Wildman–Crippen LogP) is 3.37. The molecule has 1 N–H and O–H groups in total. The number of esters is 2. The third-order valence-electron chi connectivity index (χ3n) is 3.59. The summed E-state index contributed by atoms with van der Waals surface area (Å²) in [5.41, 5.74) is 0.454. The number of anilines is 1. The molecule has 1 heterocycles. The van der Waals surface area contributed by atoms with Gasteiger partial charge in [0.2, 0.25) is 0 Å².